The Morgan fingerprint density at radius 3 is 2.84 bits per heavy atom. The number of carboxylic acids is 1. The van der Waals surface area contributed by atoms with E-state index in [9.17, 15) is 14.4 Å². The minimum atomic E-state index is -1.14. The summed E-state index contributed by atoms with van der Waals surface area (Å²) in [5.41, 5.74) is 5.80. The van der Waals surface area contributed by atoms with Gasteiger partial charge in [0.15, 0.2) is 17.0 Å². The number of anilines is 1. The molecule has 2 rings (SSSR count). The summed E-state index contributed by atoms with van der Waals surface area (Å²) in [6, 6.07) is 0. The van der Waals surface area contributed by atoms with Crippen molar-refractivity contribution in [2.24, 2.45) is 5.73 Å². The maximum atomic E-state index is 12.7. The van der Waals surface area contributed by atoms with Crippen molar-refractivity contribution in [1.82, 2.24) is 24.4 Å². The molecule has 2 heterocycles. The predicted molar refractivity (Wildman–Crippen MR) is 110 cm³/mol. The monoisotopic (exact) mass is 434 g/mol. The fourth-order valence-electron chi connectivity index (χ4n) is 2.59. The molecule has 0 bridgehead atoms. The molecule has 2 amide bonds. The third-order valence-electron chi connectivity index (χ3n) is 4.07. The van der Waals surface area contributed by atoms with Gasteiger partial charge >= 0.3 is 12.1 Å². The number of amides is 2. The van der Waals surface area contributed by atoms with Gasteiger partial charge in [-0.25, -0.2) is 19.7 Å². The summed E-state index contributed by atoms with van der Waals surface area (Å²) < 4.78 is 11.4. The lowest BCUT2D eigenvalue weighted by molar-refractivity contribution is -0.144. The maximum Gasteiger partial charge on any atom is 0.412 e. The topological polar surface area (TPSA) is 175 Å². The molecule has 0 aliphatic carbocycles. The molecule has 4 N–H and O–H groups in total. The standard InChI is InChI=1S/C17H25BN7O6/c1-2-3-6-30-17(29)23-15-14-16(21-10-20-15)25(11-22-14)7-12(26)24(8-13(27)28)5-4-18-31-9-19/h10-11H,2-9,19H2,1H3,(H,27,28)(H,20,21,23,29). The quantitative estimate of drug-likeness (QED) is 0.222. The van der Waals surface area contributed by atoms with Crippen molar-refractivity contribution in [2.45, 2.75) is 32.6 Å². The number of carbonyl (C=O) groups excluding carboxylic acids is 2. The Morgan fingerprint density at radius 2 is 2.13 bits per heavy atom. The Balaban J connectivity index is 2.08. The van der Waals surface area contributed by atoms with Gasteiger partial charge in [-0.1, -0.05) is 13.3 Å². The molecule has 2 aromatic heterocycles. The van der Waals surface area contributed by atoms with Gasteiger partial charge in [0.05, 0.1) is 19.7 Å². The van der Waals surface area contributed by atoms with E-state index < -0.39 is 24.5 Å². The van der Waals surface area contributed by atoms with Gasteiger partial charge in [-0.05, 0) is 12.7 Å². The number of ether oxygens (including phenoxy) is 1. The molecule has 167 valence electrons. The molecule has 0 saturated heterocycles. The van der Waals surface area contributed by atoms with Crippen molar-refractivity contribution in [3.05, 3.63) is 12.7 Å². The van der Waals surface area contributed by atoms with Crippen molar-refractivity contribution in [1.29, 1.82) is 0 Å². The van der Waals surface area contributed by atoms with Gasteiger partial charge in [-0.2, -0.15) is 0 Å². The first kappa shape index (κ1) is 24.0. The van der Waals surface area contributed by atoms with E-state index in [0.717, 1.165) is 12.8 Å². The number of aliphatic carboxylic acids is 1. The highest BCUT2D eigenvalue weighted by Gasteiger charge is 2.20. The lowest BCUT2D eigenvalue weighted by Gasteiger charge is -2.20. The van der Waals surface area contributed by atoms with Gasteiger partial charge in [0.25, 0.3) is 7.48 Å². The highest BCUT2D eigenvalue weighted by molar-refractivity contribution is 6.27. The Hall–Kier alpha value is -3.26. The van der Waals surface area contributed by atoms with Crippen molar-refractivity contribution >= 4 is 42.4 Å². The van der Waals surface area contributed by atoms with Crippen LogP contribution in [0.4, 0.5) is 10.6 Å². The van der Waals surface area contributed by atoms with E-state index in [1.807, 2.05) is 6.92 Å². The largest absolute Gasteiger partial charge is 0.480 e. The van der Waals surface area contributed by atoms with Gasteiger partial charge in [-0.3, -0.25) is 14.9 Å². The van der Waals surface area contributed by atoms with E-state index in [2.05, 4.69) is 20.3 Å². The van der Waals surface area contributed by atoms with Crippen molar-refractivity contribution in [2.75, 3.05) is 31.7 Å². The molecule has 13 nitrogen and oxygen atoms in total. The highest BCUT2D eigenvalue weighted by atomic mass is 16.5. The Morgan fingerprint density at radius 1 is 1.32 bits per heavy atom. The molecule has 2 aromatic rings. The minimum absolute atomic E-state index is 0.00385. The second kappa shape index (κ2) is 12.4. The van der Waals surface area contributed by atoms with E-state index in [0.29, 0.717) is 12.0 Å². The number of imidazole rings is 1. The van der Waals surface area contributed by atoms with Crippen LogP contribution in [0.2, 0.25) is 6.32 Å². The molecule has 31 heavy (non-hydrogen) atoms. The molecule has 0 spiro atoms. The van der Waals surface area contributed by atoms with Crippen LogP contribution in [0, 0.1) is 0 Å². The molecule has 0 atom stereocenters. The summed E-state index contributed by atoms with van der Waals surface area (Å²) in [7, 11) is 1.42. The van der Waals surface area contributed by atoms with Crippen LogP contribution >= 0.6 is 0 Å². The first-order valence-electron chi connectivity index (χ1n) is 9.68. The van der Waals surface area contributed by atoms with Gasteiger partial charge in [0, 0.05) is 6.54 Å². The fourth-order valence-corrected chi connectivity index (χ4v) is 2.59. The highest BCUT2D eigenvalue weighted by Crippen LogP contribution is 2.17. The predicted octanol–water partition coefficient (Wildman–Crippen LogP) is 0.0584. The molecule has 1 radical (unpaired) electrons. The number of aromatic nitrogens is 4. The summed E-state index contributed by atoms with van der Waals surface area (Å²) in [6.07, 6.45) is 3.88. The summed E-state index contributed by atoms with van der Waals surface area (Å²) in [4.78, 5) is 49.1. The first-order chi connectivity index (χ1) is 15.0. The SMILES string of the molecule is CCCCOC(=O)Nc1ncnc2c1ncn2CC(=O)N(CC[B]OCN)CC(=O)O. The number of hydrogen-bond donors (Lipinski definition) is 3. The van der Waals surface area contributed by atoms with Gasteiger partial charge < -0.3 is 29.7 Å². The zero-order valence-corrected chi connectivity index (χ0v) is 17.2. The molecule has 14 heteroatoms. The van der Waals surface area contributed by atoms with Crippen LogP contribution in [0.1, 0.15) is 19.8 Å². The van der Waals surface area contributed by atoms with Crippen LogP contribution in [0.5, 0.6) is 0 Å². The summed E-state index contributed by atoms with van der Waals surface area (Å²) in [5, 5.41) is 11.6. The van der Waals surface area contributed by atoms with Crippen molar-refractivity contribution in [3.63, 3.8) is 0 Å². The second-order valence-corrected chi connectivity index (χ2v) is 6.38. The van der Waals surface area contributed by atoms with E-state index in [4.69, 9.17) is 20.2 Å². The number of nitrogens with one attached hydrogen (secondary N) is 1. The lowest BCUT2D eigenvalue weighted by Crippen LogP contribution is -2.39. The smallest absolute Gasteiger partial charge is 0.412 e. The average molecular weight is 434 g/mol. The number of nitrogens with zero attached hydrogens (tertiary/aromatic N) is 5. The van der Waals surface area contributed by atoms with Crippen LogP contribution in [0.15, 0.2) is 12.7 Å². The van der Waals surface area contributed by atoms with E-state index in [1.54, 1.807) is 0 Å². The fraction of sp³-hybridized carbons (Fsp3) is 0.529. The summed E-state index contributed by atoms with van der Waals surface area (Å²) in [6.45, 7) is 1.74. The Kier molecular flexibility index (Phi) is 9.64. The maximum absolute atomic E-state index is 12.7. The van der Waals surface area contributed by atoms with Crippen LogP contribution in [-0.4, -0.2) is 81.4 Å². The molecule has 0 fully saturated rings. The molecular formula is C17H25BN7O6. The number of carbonyl (C=O) groups is 3. The van der Waals surface area contributed by atoms with Crippen molar-refractivity contribution < 1.29 is 28.9 Å². The molecule has 0 aromatic carbocycles. The third kappa shape index (κ3) is 7.49. The van der Waals surface area contributed by atoms with Crippen LogP contribution in [-0.2, 0) is 25.5 Å². The lowest BCUT2D eigenvalue weighted by atomic mass is 9.95. The molecule has 0 aliphatic rings. The van der Waals surface area contributed by atoms with Crippen molar-refractivity contribution in [3.8, 4) is 0 Å². The zero-order valence-electron chi connectivity index (χ0n) is 17.2. The van der Waals surface area contributed by atoms with E-state index in [1.165, 1.54) is 29.6 Å². The second-order valence-electron chi connectivity index (χ2n) is 6.38. The number of nitrogens with two attached hydrogens (primary N) is 1. The van der Waals surface area contributed by atoms with Gasteiger partial charge in [-0.15, -0.1) is 0 Å². The van der Waals surface area contributed by atoms with Crippen LogP contribution < -0.4 is 11.1 Å². The molecular weight excluding hydrogens is 409 g/mol. The minimum Gasteiger partial charge on any atom is -0.480 e. The molecule has 0 unspecified atom stereocenters. The number of hydrogen-bond acceptors (Lipinski definition) is 9. The third-order valence-corrected chi connectivity index (χ3v) is 4.07. The Bertz CT molecular complexity index is 893. The van der Waals surface area contributed by atoms with Crippen LogP contribution in [0.25, 0.3) is 11.2 Å². The van der Waals surface area contributed by atoms with E-state index in [-0.39, 0.29) is 37.8 Å². The summed E-state index contributed by atoms with van der Waals surface area (Å²) in [5.74, 6) is -1.44. The van der Waals surface area contributed by atoms with Gasteiger partial charge in [0.2, 0.25) is 5.91 Å². The molecule has 0 saturated carbocycles. The van der Waals surface area contributed by atoms with Crippen LogP contribution in [0.3, 0.4) is 0 Å². The summed E-state index contributed by atoms with van der Waals surface area (Å²) >= 11 is 0. The van der Waals surface area contributed by atoms with E-state index >= 15 is 0 Å². The number of carboxylic acid groups (broad SMARTS) is 1. The normalized spacial score (nSPS) is 10.6. The number of unbranched alkanes of at least 4 members (excludes halogenated alkanes) is 1. The molecule has 0 aliphatic heterocycles. The van der Waals surface area contributed by atoms with Gasteiger partial charge in [0.1, 0.15) is 19.4 Å². The first-order valence-corrected chi connectivity index (χ1v) is 9.68. The average Bonchev–Trinajstić information content (AvgIpc) is 3.14. The Labute approximate surface area is 179 Å². The zero-order chi connectivity index (χ0) is 22.6. The number of fused-ring (bicyclic) bond motifs is 1. The number of rotatable bonds is 13.